The Morgan fingerprint density at radius 3 is 2.41 bits per heavy atom. The molecule has 88 valence electrons. The normalized spacial score (nSPS) is 10.2. The molecule has 0 saturated heterocycles. The zero-order valence-electron chi connectivity index (χ0n) is 9.27. The summed E-state index contributed by atoms with van der Waals surface area (Å²) in [7, 11) is 0. The SMILES string of the molecule is Oc1ccccc1OCCc1ccc(Br)cc1. The second kappa shape index (κ2) is 5.73. The number of ether oxygens (including phenoxy) is 1. The molecule has 0 heterocycles. The lowest BCUT2D eigenvalue weighted by molar-refractivity contribution is 0.303. The summed E-state index contributed by atoms with van der Waals surface area (Å²) < 4.78 is 6.58. The molecule has 0 radical (unpaired) electrons. The van der Waals surface area contributed by atoms with Gasteiger partial charge in [0.2, 0.25) is 0 Å². The number of hydrogen-bond donors (Lipinski definition) is 1. The van der Waals surface area contributed by atoms with Crippen molar-refractivity contribution in [1.29, 1.82) is 0 Å². The fraction of sp³-hybridized carbons (Fsp3) is 0.143. The molecule has 0 amide bonds. The number of benzene rings is 2. The van der Waals surface area contributed by atoms with Crippen molar-refractivity contribution in [2.45, 2.75) is 6.42 Å². The summed E-state index contributed by atoms with van der Waals surface area (Å²) in [5, 5.41) is 9.51. The van der Waals surface area contributed by atoms with Crippen LogP contribution in [0.2, 0.25) is 0 Å². The van der Waals surface area contributed by atoms with E-state index in [1.54, 1.807) is 18.2 Å². The molecule has 2 nitrogen and oxygen atoms in total. The maximum Gasteiger partial charge on any atom is 0.160 e. The molecule has 0 spiro atoms. The minimum Gasteiger partial charge on any atom is -0.504 e. The number of para-hydroxylation sites is 2. The van der Waals surface area contributed by atoms with E-state index in [1.165, 1.54) is 5.56 Å². The number of aromatic hydroxyl groups is 1. The van der Waals surface area contributed by atoms with E-state index < -0.39 is 0 Å². The van der Waals surface area contributed by atoms with Gasteiger partial charge in [-0.25, -0.2) is 0 Å². The average molecular weight is 293 g/mol. The summed E-state index contributed by atoms with van der Waals surface area (Å²) in [6.07, 6.45) is 0.821. The molecular weight excluding hydrogens is 280 g/mol. The van der Waals surface area contributed by atoms with Crippen molar-refractivity contribution in [1.82, 2.24) is 0 Å². The van der Waals surface area contributed by atoms with Gasteiger partial charge in [0.05, 0.1) is 6.61 Å². The lowest BCUT2D eigenvalue weighted by Gasteiger charge is -2.07. The van der Waals surface area contributed by atoms with E-state index >= 15 is 0 Å². The van der Waals surface area contributed by atoms with Gasteiger partial charge in [0, 0.05) is 10.9 Å². The lowest BCUT2D eigenvalue weighted by atomic mass is 10.2. The van der Waals surface area contributed by atoms with Crippen LogP contribution in [0.3, 0.4) is 0 Å². The van der Waals surface area contributed by atoms with Gasteiger partial charge < -0.3 is 9.84 Å². The minimum absolute atomic E-state index is 0.184. The van der Waals surface area contributed by atoms with Gasteiger partial charge in [0.15, 0.2) is 11.5 Å². The molecule has 0 aromatic heterocycles. The fourth-order valence-corrected chi connectivity index (χ4v) is 1.77. The van der Waals surface area contributed by atoms with Gasteiger partial charge in [-0.3, -0.25) is 0 Å². The Balaban J connectivity index is 1.88. The average Bonchev–Trinajstić information content (AvgIpc) is 2.34. The second-order valence-electron chi connectivity index (χ2n) is 3.69. The van der Waals surface area contributed by atoms with Crippen molar-refractivity contribution in [3.63, 3.8) is 0 Å². The van der Waals surface area contributed by atoms with Crippen LogP contribution < -0.4 is 4.74 Å². The number of phenols is 1. The molecule has 0 aliphatic carbocycles. The van der Waals surface area contributed by atoms with Crippen molar-refractivity contribution in [2.24, 2.45) is 0 Å². The van der Waals surface area contributed by atoms with E-state index in [-0.39, 0.29) is 5.75 Å². The predicted octanol–water partition coefficient (Wildman–Crippen LogP) is 3.78. The van der Waals surface area contributed by atoms with Gasteiger partial charge in [-0.05, 0) is 29.8 Å². The first kappa shape index (κ1) is 12.0. The van der Waals surface area contributed by atoms with Crippen molar-refractivity contribution in [3.05, 3.63) is 58.6 Å². The molecule has 0 bridgehead atoms. The second-order valence-corrected chi connectivity index (χ2v) is 4.61. The van der Waals surface area contributed by atoms with E-state index in [2.05, 4.69) is 28.1 Å². The van der Waals surface area contributed by atoms with Gasteiger partial charge >= 0.3 is 0 Å². The van der Waals surface area contributed by atoms with Crippen LogP contribution in [-0.4, -0.2) is 11.7 Å². The fourth-order valence-electron chi connectivity index (χ4n) is 1.51. The topological polar surface area (TPSA) is 29.5 Å². The highest BCUT2D eigenvalue weighted by molar-refractivity contribution is 9.10. The molecule has 0 aliphatic heterocycles. The highest BCUT2D eigenvalue weighted by Crippen LogP contribution is 2.24. The van der Waals surface area contributed by atoms with Crippen LogP contribution in [0.15, 0.2) is 53.0 Å². The van der Waals surface area contributed by atoms with E-state index in [9.17, 15) is 5.11 Å². The van der Waals surface area contributed by atoms with E-state index in [4.69, 9.17) is 4.74 Å². The Kier molecular flexibility index (Phi) is 4.04. The van der Waals surface area contributed by atoms with Gasteiger partial charge in [0.1, 0.15) is 0 Å². The molecular formula is C14H13BrO2. The molecule has 2 aromatic rings. The third kappa shape index (κ3) is 3.49. The van der Waals surface area contributed by atoms with E-state index in [0.717, 1.165) is 10.9 Å². The maximum absolute atomic E-state index is 9.51. The molecule has 2 aromatic carbocycles. The third-order valence-corrected chi connectivity index (χ3v) is 2.96. The van der Waals surface area contributed by atoms with E-state index in [0.29, 0.717) is 12.4 Å². The Morgan fingerprint density at radius 2 is 1.71 bits per heavy atom. The third-order valence-electron chi connectivity index (χ3n) is 2.43. The molecule has 0 aliphatic rings. The first-order valence-electron chi connectivity index (χ1n) is 5.41. The smallest absolute Gasteiger partial charge is 0.160 e. The van der Waals surface area contributed by atoms with Crippen LogP contribution in [0, 0.1) is 0 Å². The molecule has 1 N–H and O–H groups in total. The van der Waals surface area contributed by atoms with Crippen LogP contribution in [0.1, 0.15) is 5.56 Å². The number of phenolic OH excluding ortho intramolecular Hbond substituents is 1. The van der Waals surface area contributed by atoms with E-state index in [1.807, 2.05) is 18.2 Å². The summed E-state index contributed by atoms with van der Waals surface area (Å²) in [5.41, 5.74) is 1.21. The largest absolute Gasteiger partial charge is 0.504 e. The zero-order chi connectivity index (χ0) is 12.1. The van der Waals surface area contributed by atoms with Gasteiger partial charge in [0.25, 0.3) is 0 Å². The summed E-state index contributed by atoms with van der Waals surface area (Å²) in [6, 6.07) is 15.1. The molecule has 3 heteroatoms. The Hall–Kier alpha value is -1.48. The molecule has 0 saturated carbocycles. The van der Waals surface area contributed by atoms with Crippen molar-refractivity contribution in [2.75, 3.05) is 6.61 Å². The van der Waals surface area contributed by atoms with Gasteiger partial charge in [-0.1, -0.05) is 40.2 Å². The molecule has 0 atom stereocenters. The molecule has 0 unspecified atom stereocenters. The first-order chi connectivity index (χ1) is 8.25. The van der Waals surface area contributed by atoms with Crippen LogP contribution >= 0.6 is 15.9 Å². The van der Waals surface area contributed by atoms with Crippen LogP contribution in [0.5, 0.6) is 11.5 Å². The maximum atomic E-state index is 9.51. The summed E-state index contributed by atoms with van der Waals surface area (Å²) in [4.78, 5) is 0. The van der Waals surface area contributed by atoms with Crippen molar-refractivity contribution in [3.8, 4) is 11.5 Å². The number of rotatable bonds is 4. The lowest BCUT2D eigenvalue weighted by Crippen LogP contribution is -2.01. The molecule has 2 rings (SSSR count). The van der Waals surface area contributed by atoms with Gasteiger partial charge in [-0.2, -0.15) is 0 Å². The quantitative estimate of drug-likeness (QED) is 0.929. The summed E-state index contributed by atoms with van der Waals surface area (Å²) in [6.45, 7) is 0.555. The number of halogens is 1. The Morgan fingerprint density at radius 1 is 1.00 bits per heavy atom. The summed E-state index contributed by atoms with van der Waals surface area (Å²) in [5.74, 6) is 0.716. The van der Waals surface area contributed by atoms with Gasteiger partial charge in [-0.15, -0.1) is 0 Å². The van der Waals surface area contributed by atoms with Crippen molar-refractivity contribution < 1.29 is 9.84 Å². The summed E-state index contributed by atoms with van der Waals surface area (Å²) >= 11 is 3.40. The number of hydrogen-bond acceptors (Lipinski definition) is 2. The minimum atomic E-state index is 0.184. The highest BCUT2D eigenvalue weighted by Gasteiger charge is 2.00. The molecule has 0 fully saturated rings. The van der Waals surface area contributed by atoms with Crippen LogP contribution in [0.4, 0.5) is 0 Å². The Labute approximate surface area is 109 Å². The van der Waals surface area contributed by atoms with Crippen molar-refractivity contribution >= 4 is 15.9 Å². The monoisotopic (exact) mass is 292 g/mol. The Bertz CT molecular complexity index is 480. The van der Waals surface area contributed by atoms with Crippen LogP contribution in [0.25, 0.3) is 0 Å². The highest BCUT2D eigenvalue weighted by atomic mass is 79.9. The molecule has 17 heavy (non-hydrogen) atoms. The standard InChI is InChI=1S/C14H13BrO2/c15-12-7-5-11(6-8-12)9-10-17-14-4-2-1-3-13(14)16/h1-8,16H,9-10H2. The van der Waals surface area contributed by atoms with Crippen LogP contribution in [-0.2, 0) is 6.42 Å². The first-order valence-corrected chi connectivity index (χ1v) is 6.20. The zero-order valence-corrected chi connectivity index (χ0v) is 10.9. The predicted molar refractivity (Wildman–Crippen MR) is 71.4 cm³/mol.